The Morgan fingerprint density at radius 3 is 2.41 bits per heavy atom. The summed E-state index contributed by atoms with van der Waals surface area (Å²) in [5.41, 5.74) is -0.529. The van der Waals surface area contributed by atoms with Crippen LogP contribution in [-0.4, -0.2) is 54.4 Å². The Bertz CT molecular complexity index is 1270. The van der Waals surface area contributed by atoms with Gasteiger partial charge >= 0.3 is 6.18 Å². The third-order valence-corrected chi connectivity index (χ3v) is 6.84. The Labute approximate surface area is 216 Å². The van der Waals surface area contributed by atoms with Crippen LogP contribution in [0.2, 0.25) is 0 Å². The zero-order chi connectivity index (χ0) is 26.4. The standard InChI is InChI=1S/C27H25F3N2O4S/c1-2-35-21-6-3-4-8-24(21)37-23-11-9-19(18-20(23)27(28,29)30)10-12-25(33)31-13-15-32(16-14-31)26(34)22-7-5-17-36-22/h3-12,17-18H,2,13-16H2,1H3/b12-10+. The van der Waals surface area contributed by atoms with E-state index in [1.54, 1.807) is 52.3 Å². The number of piperazine rings is 1. The number of carbonyl (C=O) groups excluding carboxylic acids is 2. The molecular weight excluding hydrogens is 505 g/mol. The van der Waals surface area contributed by atoms with Crippen LogP contribution in [0.15, 0.2) is 81.1 Å². The van der Waals surface area contributed by atoms with Gasteiger partial charge in [0.2, 0.25) is 5.91 Å². The molecule has 0 aliphatic carbocycles. The van der Waals surface area contributed by atoms with E-state index >= 15 is 0 Å². The summed E-state index contributed by atoms with van der Waals surface area (Å²) in [6, 6.07) is 14.1. The highest BCUT2D eigenvalue weighted by atomic mass is 32.2. The molecule has 194 valence electrons. The lowest BCUT2D eigenvalue weighted by molar-refractivity contribution is -0.139. The van der Waals surface area contributed by atoms with Crippen molar-refractivity contribution in [2.24, 2.45) is 0 Å². The molecule has 0 saturated carbocycles. The second-order valence-corrected chi connectivity index (χ2v) is 9.25. The van der Waals surface area contributed by atoms with Gasteiger partial charge in [0.05, 0.1) is 23.3 Å². The Kier molecular flexibility index (Phi) is 8.27. The summed E-state index contributed by atoms with van der Waals surface area (Å²) in [6.45, 7) is 3.53. The monoisotopic (exact) mass is 530 g/mol. The lowest BCUT2D eigenvalue weighted by Crippen LogP contribution is -2.50. The van der Waals surface area contributed by atoms with Crippen molar-refractivity contribution >= 4 is 29.7 Å². The predicted molar refractivity (Wildman–Crippen MR) is 133 cm³/mol. The molecule has 1 aromatic heterocycles. The molecule has 1 fully saturated rings. The van der Waals surface area contributed by atoms with Gasteiger partial charge in [0.1, 0.15) is 5.75 Å². The first-order chi connectivity index (χ1) is 17.8. The average Bonchev–Trinajstić information content (AvgIpc) is 3.43. The average molecular weight is 531 g/mol. The van der Waals surface area contributed by atoms with E-state index in [0.717, 1.165) is 17.8 Å². The molecule has 0 atom stereocenters. The molecule has 2 amide bonds. The zero-order valence-corrected chi connectivity index (χ0v) is 20.8. The summed E-state index contributed by atoms with van der Waals surface area (Å²) in [6.07, 6.45) is -0.516. The SMILES string of the molecule is CCOc1ccccc1Sc1ccc(/C=C/C(=O)N2CCN(C(=O)c3ccco3)CC2)cc1C(F)(F)F. The highest BCUT2D eigenvalue weighted by Gasteiger charge is 2.34. The lowest BCUT2D eigenvalue weighted by Gasteiger charge is -2.33. The molecule has 0 spiro atoms. The fraction of sp³-hybridized carbons (Fsp3) is 0.259. The number of ether oxygens (including phenoxy) is 1. The molecule has 0 bridgehead atoms. The summed E-state index contributed by atoms with van der Waals surface area (Å²) in [5.74, 6) is 0.184. The van der Waals surface area contributed by atoms with Gasteiger partial charge in [0.25, 0.3) is 5.91 Å². The maximum atomic E-state index is 13.9. The van der Waals surface area contributed by atoms with Gasteiger partial charge in [0.15, 0.2) is 5.76 Å². The molecule has 3 aromatic rings. The number of hydrogen-bond donors (Lipinski definition) is 0. The molecular formula is C27H25F3N2O4S. The molecule has 6 nitrogen and oxygen atoms in total. The van der Waals surface area contributed by atoms with E-state index in [4.69, 9.17) is 9.15 Å². The van der Waals surface area contributed by atoms with Crippen LogP contribution in [0.5, 0.6) is 5.75 Å². The van der Waals surface area contributed by atoms with Crippen LogP contribution in [0.3, 0.4) is 0 Å². The molecule has 2 aromatic carbocycles. The summed E-state index contributed by atoms with van der Waals surface area (Å²) < 4.78 is 52.3. The maximum Gasteiger partial charge on any atom is 0.417 e. The number of alkyl halides is 3. The van der Waals surface area contributed by atoms with Crippen LogP contribution in [0, 0.1) is 0 Å². The highest BCUT2D eigenvalue weighted by molar-refractivity contribution is 7.99. The fourth-order valence-corrected chi connectivity index (χ4v) is 4.88. The number of halogens is 3. The van der Waals surface area contributed by atoms with E-state index < -0.39 is 11.7 Å². The van der Waals surface area contributed by atoms with Gasteiger partial charge in [0, 0.05) is 37.2 Å². The first kappa shape index (κ1) is 26.4. The van der Waals surface area contributed by atoms with Crippen LogP contribution >= 0.6 is 11.8 Å². The van der Waals surface area contributed by atoms with Crippen molar-refractivity contribution in [3.8, 4) is 5.75 Å². The third-order valence-electron chi connectivity index (χ3n) is 5.71. The number of nitrogens with zero attached hydrogens (tertiary/aromatic N) is 2. The minimum absolute atomic E-state index is 0.0421. The van der Waals surface area contributed by atoms with Crippen LogP contribution in [0.1, 0.15) is 28.6 Å². The summed E-state index contributed by atoms with van der Waals surface area (Å²) in [7, 11) is 0. The molecule has 0 N–H and O–H groups in total. The van der Waals surface area contributed by atoms with E-state index in [-0.39, 0.29) is 28.0 Å². The highest BCUT2D eigenvalue weighted by Crippen LogP contribution is 2.42. The van der Waals surface area contributed by atoms with Gasteiger partial charge in [-0.1, -0.05) is 30.0 Å². The second-order valence-electron chi connectivity index (χ2n) is 8.16. The predicted octanol–water partition coefficient (Wildman–Crippen LogP) is 5.85. The largest absolute Gasteiger partial charge is 0.493 e. The van der Waals surface area contributed by atoms with Crippen molar-refractivity contribution in [2.45, 2.75) is 22.9 Å². The Hall–Kier alpha value is -3.66. The summed E-state index contributed by atoms with van der Waals surface area (Å²) in [5, 5.41) is 0. The molecule has 4 rings (SSSR count). The van der Waals surface area contributed by atoms with Gasteiger partial charge in [-0.25, -0.2) is 0 Å². The smallest absolute Gasteiger partial charge is 0.417 e. The summed E-state index contributed by atoms with van der Waals surface area (Å²) in [4.78, 5) is 28.8. The first-order valence-electron chi connectivity index (χ1n) is 11.7. The van der Waals surface area contributed by atoms with Gasteiger partial charge < -0.3 is 19.0 Å². The molecule has 0 radical (unpaired) electrons. The van der Waals surface area contributed by atoms with Crippen molar-refractivity contribution in [2.75, 3.05) is 32.8 Å². The van der Waals surface area contributed by atoms with E-state index in [1.807, 2.05) is 6.92 Å². The number of furan rings is 1. The van der Waals surface area contributed by atoms with Crippen LogP contribution in [0.25, 0.3) is 6.08 Å². The van der Waals surface area contributed by atoms with Gasteiger partial charge in [-0.2, -0.15) is 13.2 Å². The molecule has 1 saturated heterocycles. The minimum atomic E-state index is -4.58. The van der Waals surface area contributed by atoms with Crippen molar-refractivity contribution in [1.29, 1.82) is 0 Å². The van der Waals surface area contributed by atoms with Crippen molar-refractivity contribution in [3.05, 3.63) is 83.8 Å². The number of carbonyl (C=O) groups is 2. The molecule has 1 aliphatic rings. The van der Waals surface area contributed by atoms with Gasteiger partial charge in [-0.15, -0.1) is 0 Å². The molecule has 37 heavy (non-hydrogen) atoms. The molecule has 0 unspecified atom stereocenters. The van der Waals surface area contributed by atoms with Gasteiger partial charge in [-0.3, -0.25) is 9.59 Å². The van der Waals surface area contributed by atoms with E-state index in [2.05, 4.69) is 0 Å². The van der Waals surface area contributed by atoms with Crippen LogP contribution in [-0.2, 0) is 11.0 Å². The van der Waals surface area contributed by atoms with Gasteiger partial charge in [-0.05, 0) is 55.0 Å². The first-order valence-corrected chi connectivity index (χ1v) is 12.5. The third kappa shape index (κ3) is 6.56. The van der Waals surface area contributed by atoms with Crippen molar-refractivity contribution in [1.82, 2.24) is 9.80 Å². The topological polar surface area (TPSA) is 63.0 Å². The van der Waals surface area contributed by atoms with Crippen LogP contribution < -0.4 is 4.74 Å². The van der Waals surface area contributed by atoms with E-state index in [1.165, 1.54) is 24.5 Å². The number of amides is 2. The number of hydrogen-bond acceptors (Lipinski definition) is 5. The molecule has 1 aliphatic heterocycles. The zero-order valence-electron chi connectivity index (χ0n) is 20.0. The molecule has 10 heteroatoms. The minimum Gasteiger partial charge on any atom is -0.493 e. The quantitative estimate of drug-likeness (QED) is 0.359. The van der Waals surface area contributed by atoms with E-state index in [9.17, 15) is 22.8 Å². The van der Waals surface area contributed by atoms with Crippen LogP contribution in [0.4, 0.5) is 13.2 Å². The number of para-hydroxylation sites is 1. The Morgan fingerprint density at radius 1 is 1.00 bits per heavy atom. The maximum absolute atomic E-state index is 13.9. The second kappa shape index (κ2) is 11.6. The summed E-state index contributed by atoms with van der Waals surface area (Å²) >= 11 is 0.982. The molecule has 2 heterocycles. The lowest BCUT2D eigenvalue weighted by atomic mass is 10.1. The van der Waals surface area contributed by atoms with Crippen molar-refractivity contribution < 1.29 is 31.9 Å². The normalized spacial score (nSPS) is 14.3. The fourth-order valence-electron chi connectivity index (χ4n) is 3.85. The number of benzene rings is 2. The van der Waals surface area contributed by atoms with Crippen molar-refractivity contribution in [3.63, 3.8) is 0 Å². The number of rotatable bonds is 7. The Balaban J connectivity index is 1.43. The Morgan fingerprint density at radius 2 is 1.73 bits per heavy atom. The van der Waals surface area contributed by atoms with E-state index in [0.29, 0.717) is 43.4 Å².